The Morgan fingerprint density at radius 1 is 1.08 bits per heavy atom. The molecule has 6 nitrogen and oxygen atoms in total. The Hall–Kier alpha value is -2.81. The molecule has 122 valence electrons. The minimum atomic E-state index is -0.219. The van der Waals surface area contributed by atoms with Gasteiger partial charge in [-0.3, -0.25) is 9.36 Å². The average Bonchev–Trinajstić information content (AvgIpc) is 2.84. The van der Waals surface area contributed by atoms with Crippen LogP contribution in [0.25, 0.3) is 0 Å². The van der Waals surface area contributed by atoms with Crippen LogP contribution in [0.4, 0.5) is 11.8 Å². The molecular weight excluding hydrogens is 302 g/mol. The molecule has 2 aromatic rings. The third-order valence-corrected chi connectivity index (χ3v) is 4.96. The molecule has 0 radical (unpaired) electrons. The SMILES string of the molecule is CN1CCn2c1nc(N1CCc3ccccc3CC1)c(C#N)c2=O. The molecule has 3 heterocycles. The standard InChI is InChI=1S/C18H19N5O/c1-21-10-11-23-17(24)15(12-19)16(20-18(21)23)22-8-6-13-4-2-3-5-14(13)7-9-22/h2-5H,6-11H2,1H3. The van der Waals surface area contributed by atoms with Gasteiger partial charge in [-0.05, 0) is 24.0 Å². The second-order valence-electron chi connectivity index (χ2n) is 6.36. The highest BCUT2D eigenvalue weighted by atomic mass is 16.1. The Morgan fingerprint density at radius 3 is 2.38 bits per heavy atom. The van der Waals surface area contributed by atoms with E-state index in [4.69, 9.17) is 0 Å². The monoisotopic (exact) mass is 321 g/mol. The van der Waals surface area contributed by atoms with Crippen LogP contribution in [-0.2, 0) is 19.4 Å². The van der Waals surface area contributed by atoms with Crippen LogP contribution in [0.3, 0.4) is 0 Å². The summed E-state index contributed by atoms with van der Waals surface area (Å²) in [6.45, 7) is 2.89. The quantitative estimate of drug-likeness (QED) is 0.789. The van der Waals surface area contributed by atoms with E-state index in [1.807, 2.05) is 11.9 Å². The number of fused-ring (bicyclic) bond motifs is 2. The Balaban J connectivity index is 1.75. The first-order valence-electron chi connectivity index (χ1n) is 8.27. The molecule has 24 heavy (non-hydrogen) atoms. The molecule has 2 aliphatic heterocycles. The predicted octanol–water partition coefficient (Wildman–Crippen LogP) is 1.17. The molecule has 6 heteroatoms. The molecule has 0 spiro atoms. The Morgan fingerprint density at radius 2 is 1.75 bits per heavy atom. The van der Waals surface area contributed by atoms with E-state index in [1.54, 1.807) is 4.57 Å². The van der Waals surface area contributed by atoms with E-state index in [1.165, 1.54) is 11.1 Å². The summed E-state index contributed by atoms with van der Waals surface area (Å²) in [6.07, 6.45) is 1.80. The number of nitrogens with zero attached hydrogens (tertiary/aromatic N) is 5. The van der Waals surface area contributed by atoms with E-state index < -0.39 is 0 Å². The first-order valence-corrected chi connectivity index (χ1v) is 8.27. The van der Waals surface area contributed by atoms with Crippen molar-refractivity contribution in [2.75, 3.05) is 36.5 Å². The predicted molar refractivity (Wildman–Crippen MR) is 92.5 cm³/mol. The van der Waals surface area contributed by atoms with Crippen LogP contribution in [0, 0.1) is 11.3 Å². The van der Waals surface area contributed by atoms with E-state index in [0.29, 0.717) is 18.3 Å². The van der Waals surface area contributed by atoms with Crippen LogP contribution < -0.4 is 15.4 Å². The number of hydrogen-bond donors (Lipinski definition) is 0. The Kier molecular flexibility index (Phi) is 3.49. The molecule has 0 amide bonds. The van der Waals surface area contributed by atoms with Crippen molar-refractivity contribution in [3.8, 4) is 6.07 Å². The van der Waals surface area contributed by atoms with Gasteiger partial charge in [-0.25, -0.2) is 0 Å². The molecule has 0 N–H and O–H groups in total. The molecule has 1 aromatic heterocycles. The van der Waals surface area contributed by atoms with Gasteiger partial charge in [0, 0.05) is 33.2 Å². The van der Waals surface area contributed by atoms with Gasteiger partial charge in [-0.2, -0.15) is 10.2 Å². The average molecular weight is 321 g/mol. The Bertz CT molecular complexity index is 868. The maximum Gasteiger partial charge on any atom is 0.275 e. The van der Waals surface area contributed by atoms with Crippen molar-refractivity contribution in [3.63, 3.8) is 0 Å². The van der Waals surface area contributed by atoms with E-state index >= 15 is 0 Å². The van der Waals surface area contributed by atoms with Gasteiger partial charge >= 0.3 is 0 Å². The van der Waals surface area contributed by atoms with Gasteiger partial charge in [0.1, 0.15) is 6.07 Å². The highest BCUT2D eigenvalue weighted by Gasteiger charge is 2.26. The van der Waals surface area contributed by atoms with Crippen LogP contribution in [0.5, 0.6) is 0 Å². The highest BCUT2D eigenvalue weighted by Crippen LogP contribution is 2.24. The van der Waals surface area contributed by atoms with Crippen LogP contribution in [0.15, 0.2) is 29.1 Å². The minimum absolute atomic E-state index is 0.167. The molecule has 2 aliphatic rings. The molecule has 0 fully saturated rings. The van der Waals surface area contributed by atoms with Gasteiger partial charge in [-0.15, -0.1) is 0 Å². The van der Waals surface area contributed by atoms with E-state index in [0.717, 1.165) is 32.5 Å². The summed E-state index contributed by atoms with van der Waals surface area (Å²) in [5.41, 5.74) is 2.63. The first-order chi connectivity index (χ1) is 11.7. The highest BCUT2D eigenvalue weighted by molar-refractivity contribution is 5.57. The molecule has 0 atom stereocenters. The van der Waals surface area contributed by atoms with Crippen molar-refractivity contribution in [1.82, 2.24) is 9.55 Å². The lowest BCUT2D eigenvalue weighted by Crippen LogP contribution is -2.33. The van der Waals surface area contributed by atoms with Crippen LogP contribution in [-0.4, -0.2) is 36.2 Å². The van der Waals surface area contributed by atoms with Crippen molar-refractivity contribution in [1.29, 1.82) is 5.26 Å². The normalized spacial score (nSPS) is 16.3. The van der Waals surface area contributed by atoms with Gasteiger partial charge in [0.25, 0.3) is 5.56 Å². The van der Waals surface area contributed by atoms with Gasteiger partial charge in [0.05, 0.1) is 0 Å². The summed E-state index contributed by atoms with van der Waals surface area (Å²) in [6, 6.07) is 10.5. The topological polar surface area (TPSA) is 65.2 Å². The zero-order valence-electron chi connectivity index (χ0n) is 13.7. The summed E-state index contributed by atoms with van der Waals surface area (Å²) in [7, 11) is 1.93. The lowest BCUT2D eigenvalue weighted by atomic mass is 10.0. The largest absolute Gasteiger partial charge is 0.355 e. The minimum Gasteiger partial charge on any atom is -0.355 e. The zero-order chi connectivity index (χ0) is 16.7. The summed E-state index contributed by atoms with van der Waals surface area (Å²) >= 11 is 0. The van der Waals surface area contributed by atoms with Gasteiger partial charge in [0.2, 0.25) is 5.95 Å². The van der Waals surface area contributed by atoms with Crippen LogP contribution in [0.2, 0.25) is 0 Å². The van der Waals surface area contributed by atoms with Crippen LogP contribution in [0.1, 0.15) is 16.7 Å². The molecule has 0 unspecified atom stereocenters. The number of hydrogen-bond acceptors (Lipinski definition) is 5. The van der Waals surface area contributed by atoms with Gasteiger partial charge in [-0.1, -0.05) is 24.3 Å². The second kappa shape index (κ2) is 5.68. The van der Waals surface area contributed by atoms with Crippen molar-refractivity contribution >= 4 is 11.8 Å². The number of nitriles is 1. The van der Waals surface area contributed by atoms with Crippen LogP contribution >= 0.6 is 0 Å². The lowest BCUT2D eigenvalue weighted by Gasteiger charge is -2.23. The fraction of sp³-hybridized carbons (Fsp3) is 0.389. The summed E-state index contributed by atoms with van der Waals surface area (Å²) < 4.78 is 1.61. The number of rotatable bonds is 1. The van der Waals surface area contributed by atoms with Crippen molar-refractivity contribution in [3.05, 3.63) is 51.3 Å². The molecule has 0 bridgehead atoms. The third kappa shape index (κ3) is 2.24. The van der Waals surface area contributed by atoms with E-state index in [9.17, 15) is 10.1 Å². The number of likely N-dealkylation sites (N-methyl/N-ethyl adjacent to an activating group) is 1. The number of aromatic nitrogens is 2. The molecule has 4 rings (SSSR count). The number of anilines is 2. The second-order valence-corrected chi connectivity index (χ2v) is 6.36. The van der Waals surface area contributed by atoms with Gasteiger partial charge < -0.3 is 9.80 Å². The van der Waals surface area contributed by atoms with Crippen molar-refractivity contribution in [2.24, 2.45) is 0 Å². The fourth-order valence-corrected chi connectivity index (χ4v) is 3.58. The number of benzene rings is 1. The molecular formula is C18H19N5O. The molecule has 0 saturated heterocycles. The van der Waals surface area contributed by atoms with E-state index in [2.05, 4.69) is 40.2 Å². The third-order valence-electron chi connectivity index (χ3n) is 4.96. The zero-order valence-corrected chi connectivity index (χ0v) is 13.7. The van der Waals surface area contributed by atoms with Gasteiger partial charge in [0.15, 0.2) is 11.4 Å². The first kappa shape index (κ1) is 14.8. The summed E-state index contributed by atoms with van der Waals surface area (Å²) in [5, 5.41) is 9.53. The molecule has 0 saturated carbocycles. The summed E-state index contributed by atoms with van der Waals surface area (Å²) in [5.74, 6) is 1.20. The maximum atomic E-state index is 12.7. The Labute approximate surface area is 140 Å². The molecule has 0 aliphatic carbocycles. The maximum absolute atomic E-state index is 12.7. The van der Waals surface area contributed by atoms with Crippen molar-refractivity contribution in [2.45, 2.75) is 19.4 Å². The van der Waals surface area contributed by atoms with E-state index in [-0.39, 0.29) is 11.1 Å². The smallest absolute Gasteiger partial charge is 0.275 e. The molecule has 1 aromatic carbocycles. The summed E-state index contributed by atoms with van der Waals surface area (Å²) in [4.78, 5) is 21.4. The fourth-order valence-electron chi connectivity index (χ4n) is 3.58. The lowest BCUT2D eigenvalue weighted by molar-refractivity contribution is 0.738. The van der Waals surface area contributed by atoms with Crippen molar-refractivity contribution < 1.29 is 0 Å².